The third kappa shape index (κ3) is 3.73. The van der Waals surface area contributed by atoms with Gasteiger partial charge in [0.25, 0.3) is 5.91 Å². The van der Waals surface area contributed by atoms with E-state index >= 15 is 0 Å². The van der Waals surface area contributed by atoms with E-state index in [-0.39, 0.29) is 18.6 Å². The molecule has 0 saturated heterocycles. The first-order valence-electron chi connectivity index (χ1n) is 7.34. The molecule has 0 bridgehead atoms. The standard InChI is InChI=1S/C18H17NO3/c20-17(19-16-10-11-16)12-22-18(21)15-8-6-14(7-9-15)13-4-2-1-3-5-13/h1-9,16H,10-12H2,(H,19,20). The highest BCUT2D eigenvalue weighted by atomic mass is 16.5. The Bertz CT molecular complexity index is 660. The van der Waals surface area contributed by atoms with E-state index in [1.807, 2.05) is 42.5 Å². The molecule has 2 aromatic carbocycles. The van der Waals surface area contributed by atoms with E-state index in [0.717, 1.165) is 24.0 Å². The molecule has 0 atom stereocenters. The van der Waals surface area contributed by atoms with Gasteiger partial charge in [-0.3, -0.25) is 4.79 Å². The molecule has 0 heterocycles. The summed E-state index contributed by atoms with van der Waals surface area (Å²) in [4.78, 5) is 23.4. The number of hydrogen-bond acceptors (Lipinski definition) is 3. The first kappa shape index (κ1) is 14.3. The average Bonchev–Trinajstić information content (AvgIpc) is 3.37. The minimum atomic E-state index is -0.481. The van der Waals surface area contributed by atoms with Gasteiger partial charge < -0.3 is 10.1 Å². The smallest absolute Gasteiger partial charge is 0.338 e. The number of rotatable bonds is 5. The van der Waals surface area contributed by atoms with Crippen LogP contribution in [0.4, 0.5) is 0 Å². The summed E-state index contributed by atoms with van der Waals surface area (Å²) >= 11 is 0. The molecule has 112 valence electrons. The van der Waals surface area contributed by atoms with E-state index in [4.69, 9.17) is 4.74 Å². The molecule has 3 rings (SSSR count). The van der Waals surface area contributed by atoms with Crippen LogP contribution in [0.1, 0.15) is 23.2 Å². The van der Waals surface area contributed by atoms with Crippen LogP contribution in [0.25, 0.3) is 11.1 Å². The molecule has 2 aromatic rings. The molecule has 1 aliphatic rings. The summed E-state index contributed by atoms with van der Waals surface area (Å²) in [6.45, 7) is -0.226. The zero-order chi connectivity index (χ0) is 15.4. The Morgan fingerprint density at radius 1 is 0.955 bits per heavy atom. The van der Waals surface area contributed by atoms with E-state index in [9.17, 15) is 9.59 Å². The summed E-state index contributed by atoms with van der Waals surface area (Å²) in [5, 5.41) is 2.78. The lowest BCUT2D eigenvalue weighted by molar-refractivity contribution is -0.124. The molecule has 1 saturated carbocycles. The van der Waals surface area contributed by atoms with Crippen LogP contribution in [0.3, 0.4) is 0 Å². The van der Waals surface area contributed by atoms with Gasteiger partial charge in [0.05, 0.1) is 5.56 Å². The Morgan fingerprint density at radius 2 is 1.59 bits per heavy atom. The topological polar surface area (TPSA) is 55.4 Å². The predicted molar refractivity (Wildman–Crippen MR) is 83.3 cm³/mol. The Kier molecular flexibility index (Phi) is 4.19. The maximum Gasteiger partial charge on any atom is 0.338 e. The van der Waals surface area contributed by atoms with Gasteiger partial charge in [0.15, 0.2) is 6.61 Å². The number of carbonyl (C=O) groups is 2. The van der Waals surface area contributed by atoms with Crippen molar-refractivity contribution in [1.29, 1.82) is 0 Å². The molecule has 0 spiro atoms. The molecule has 1 fully saturated rings. The molecule has 0 aromatic heterocycles. The van der Waals surface area contributed by atoms with Crippen molar-refractivity contribution in [3.05, 3.63) is 60.2 Å². The second-order valence-electron chi connectivity index (χ2n) is 5.36. The fourth-order valence-corrected chi connectivity index (χ4v) is 2.14. The van der Waals surface area contributed by atoms with Gasteiger partial charge in [-0.15, -0.1) is 0 Å². The molecular formula is C18H17NO3. The molecule has 0 radical (unpaired) electrons. The highest BCUT2D eigenvalue weighted by molar-refractivity contribution is 5.91. The van der Waals surface area contributed by atoms with Gasteiger partial charge in [0.1, 0.15) is 0 Å². The van der Waals surface area contributed by atoms with Crippen LogP contribution in [0, 0.1) is 0 Å². The van der Waals surface area contributed by atoms with Crippen LogP contribution in [0.2, 0.25) is 0 Å². The summed E-state index contributed by atoms with van der Waals surface area (Å²) in [5.74, 6) is -0.720. The molecule has 1 aliphatic carbocycles. The van der Waals surface area contributed by atoms with Gasteiger partial charge in [-0.05, 0) is 36.1 Å². The van der Waals surface area contributed by atoms with E-state index in [0.29, 0.717) is 5.56 Å². The van der Waals surface area contributed by atoms with Crippen LogP contribution in [-0.4, -0.2) is 24.5 Å². The van der Waals surface area contributed by atoms with E-state index < -0.39 is 5.97 Å². The van der Waals surface area contributed by atoms with Gasteiger partial charge in [-0.2, -0.15) is 0 Å². The van der Waals surface area contributed by atoms with Crippen molar-refractivity contribution in [2.24, 2.45) is 0 Å². The first-order valence-corrected chi connectivity index (χ1v) is 7.34. The van der Waals surface area contributed by atoms with Crippen LogP contribution in [-0.2, 0) is 9.53 Å². The van der Waals surface area contributed by atoms with Crippen molar-refractivity contribution in [2.45, 2.75) is 18.9 Å². The summed E-state index contributed by atoms with van der Waals surface area (Å²) < 4.78 is 5.01. The van der Waals surface area contributed by atoms with Gasteiger partial charge in [-0.1, -0.05) is 42.5 Å². The number of esters is 1. The number of nitrogens with one attached hydrogen (secondary N) is 1. The lowest BCUT2D eigenvalue weighted by atomic mass is 10.0. The quantitative estimate of drug-likeness (QED) is 0.863. The van der Waals surface area contributed by atoms with Gasteiger partial charge in [0.2, 0.25) is 0 Å². The Labute approximate surface area is 129 Å². The molecule has 0 unspecified atom stereocenters. The number of benzene rings is 2. The zero-order valence-corrected chi connectivity index (χ0v) is 12.1. The maximum absolute atomic E-state index is 11.9. The van der Waals surface area contributed by atoms with Gasteiger partial charge in [-0.25, -0.2) is 4.79 Å². The fraction of sp³-hybridized carbons (Fsp3) is 0.222. The normalized spacial score (nSPS) is 13.5. The Hall–Kier alpha value is -2.62. The largest absolute Gasteiger partial charge is 0.452 e. The third-order valence-corrected chi connectivity index (χ3v) is 3.50. The summed E-state index contributed by atoms with van der Waals surface area (Å²) in [5.41, 5.74) is 2.56. The summed E-state index contributed by atoms with van der Waals surface area (Å²) in [7, 11) is 0. The maximum atomic E-state index is 11.9. The van der Waals surface area contributed by atoms with Crippen LogP contribution >= 0.6 is 0 Å². The molecule has 0 aliphatic heterocycles. The van der Waals surface area contributed by atoms with E-state index in [1.54, 1.807) is 12.1 Å². The second-order valence-corrected chi connectivity index (χ2v) is 5.36. The van der Waals surface area contributed by atoms with Crippen molar-refractivity contribution in [3.63, 3.8) is 0 Å². The molecule has 22 heavy (non-hydrogen) atoms. The molecular weight excluding hydrogens is 278 g/mol. The minimum absolute atomic E-state index is 0.226. The van der Waals surface area contributed by atoms with Crippen LogP contribution in [0.15, 0.2) is 54.6 Å². The van der Waals surface area contributed by atoms with Gasteiger partial charge >= 0.3 is 5.97 Å². The zero-order valence-electron chi connectivity index (χ0n) is 12.1. The first-order chi connectivity index (χ1) is 10.7. The average molecular weight is 295 g/mol. The highest BCUT2D eigenvalue weighted by Gasteiger charge is 2.23. The minimum Gasteiger partial charge on any atom is -0.452 e. The lowest BCUT2D eigenvalue weighted by Gasteiger charge is -2.06. The predicted octanol–water partition coefficient (Wildman–Crippen LogP) is 2.79. The molecule has 1 amide bonds. The molecule has 4 heteroatoms. The number of ether oxygens (including phenoxy) is 1. The van der Waals surface area contributed by atoms with Crippen molar-refractivity contribution in [3.8, 4) is 11.1 Å². The van der Waals surface area contributed by atoms with Crippen LogP contribution < -0.4 is 5.32 Å². The van der Waals surface area contributed by atoms with E-state index in [1.165, 1.54) is 0 Å². The highest BCUT2D eigenvalue weighted by Crippen LogP contribution is 2.20. The fourth-order valence-electron chi connectivity index (χ4n) is 2.14. The lowest BCUT2D eigenvalue weighted by Crippen LogP contribution is -2.30. The van der Waals surface area contributed by atoms with Crippen molar-refractivity contribution in [2.75, 3.05) is 6.61 Å². The van der Waals surface area contributed by atoms with Crippen molar-refractivity contribution < 1.29 is 14.3 Å². The third-order valence-electron chi connectivity index (χ3n) is 3.50. The molecule has 4 nitrogen and oxygen atoms in total. The SMILES string of the molecule is O=C(COC(=O)c1ccc(-c2ccccc2)cc1)NC1CC1. The Balaban J connectivity index is 1.57. The second kappa shape index (κ2) is 6.43. The monoisotopic (exact) mass is 295 g/mol. The van der Waals surface area contributed by atoms with Gasteiger partial charge in [0, 0.05) is 6.04 Å². The number of hydrogen-bond donors (Lipinski definition) is 1. The van der Waals surface area contributed by atoms with E-state index in [2.05, 4.69) is 5.32 Å². The summed E-state index contributed by atoms with van der Waals surface area (Å²) in [6, 6.07) is 17.4. The summed E-state index contributed by atoms with van der Waals surface area (Å²) in [6.07, 6.45) is 2.03. The molecule has 1 N–H and O–H groups in total. The number of amides is 1. The van der Waals surface area contributed by atoms with Crippen molar-refractivity contribution in [1.82, 2.24) is 5.32 Å². The number of carbonyl (C=O) groups excluding carboxylic acids is 2. The van der Waals surface area contributed by atoms with Crippen molar-refractivity contribution >= 4 is 11.9 Å². The van der Waals surface area contributed by atoms with Crippen LogP contribution in [0.5, 0.6) is 0 Å². The Morgan fingerprint density at radius 3 is 2.23 bits per heavy atom.